The number of hydrogen-bond donors (Lipinski definition) is 2. The molecule has 9 heteroatoms. The van der Waals surface area contributed by atoms with Crippen molar-refractivity contribution in [2.24, 2.45) is 4.99 Å². The van der Waals surface area contributed by atoms with Gasteiger partial charge in [0, 0.05) is 38.7 Å². The zero-order valence-corrected chi connectivity index (χ0v) is 21.2. The number of sulfonamides is 1. The smallest absolute Gasteiger partial charge is 0.213 e. The molecule has 0 amide bonds. The predicted molar refractivity (Wildman–Crippen MR) is 130 cm³/mol. The summed E-state index contributed by atoms with van der Waals surface area (Å²) in [5, 5.41) is 6.81. The summed E-state index contributed by atoms with van der Waals surface area (Å²) >= 11 is 0. The summed E-state index contributed by atoms with van der Waals surface area (Å²) in [6.07, 6.45) is 1.49. The fourth-order valence-electron chi connectivity index (χ4n) is 3.26. The molecule has 1 aromatic carbocycles. The minimum atomic E-state index is -3.14. The van der Waals surface area contributed by atoms with Crippen LogP contribution in [-0.4, -0.2) is 56.7 Å². The largest absolute Gasteiger partial charge is 0.487 e. The number of para-hydroxylation sites is 1. The van der Waals surface area contributed by atoms with E-state index in [-0.39, 0.29) is 41.4 Å². The normalized spacial score (nSPS) is 18.4. The fourth-order valence-corrected chi connectivity index (χ4v) is 4.11. The first-order chi connectivity index (χ1) is 13.2. The van der Waals surface area contributed by atoms with Crippen LogP contribution in [-0.2, 0) is 10.0 Å². The van der Waals surface area contributed by atoms with Gasteiger partial charge in [0.05, 0.1) is 11.8 Å². The van der Waals surface area contributed by atoms with Gasteiger partial charge in [-0.1, -0.05) is 18.2 Å². The van der Waals surface area contributed by atoms with E-state index >= 15 is 0 Å². The van der Waals surface area contributed by atoms with Crippen molar-refractivity contribution in [2.45, 2.75) is 52.2 Å². The Balaban J connectivity index is 0.00000420. The van der Waals surface area contributed by atoms with Crippen LogP contribution in [0, 0.1) is 0 Å². The number of fused-ring (bicyclic) bond motifs is 1. The molecule has 0 fully saturated rings. The number of guanidine groups is 1. The molecule has 2 N–H and O–H groups in total. The molecule has 1 heterocycles. The number of benzene rings is 1. The van der Waals surface area contributed by atoms with E-state index < -0.39 is 10.0 Å². The van der Waals surface area contributed by atoms with Gasteiger partial charge in [-0.05, 0) is 40.2 Å². The molecule has 166 valence electrons. The summed E-state index contributed by atoms with van der Waals surface area (Å²) in [4.78, 5) is 4.64. The maximum absolute atomic E-state index is 11.8. The molecule has 1 aromatic rings. The lowest BCUT2D eigenvalue weighted by Gasteiger charge is -2.38. The second-order valence-electron chi connectivity index (χ2n) is 7.64. The quantitative estimate of drug-likeness (QED) is 0.230. The van der Waals surface area contributed by atoms with E-state index in [0.29, 0.717) is 19.5 Å². The second-order valence-corrected chi connectivity index (χ2v) is 10.0. The Hall–Kier alpha value is -1.07. The van der Waals surface area contributed by atoms with Crippen LogP contribution in [0.4, 0.5) is 0 Å². The Kier molecular flexibility index (Phi) is 10.2. The molecule has 29 heavy (non-hydrogen) atoms. The van der Waals surface area contributed by atoms with Gasteiger partial charge in [0.25, 0.3) is 0 Å². The molecular weight excluding hydrogens is 503 g/mol. The Morgan fingerprint density at radius 1 is 1.31 bits per heavy atom. The molecule has 2 rings (SSSR count). The van der Waals surface area contributed by atoms with Crippen molar-refractivity contribution in [3.05, 3.63) is 29.8 Å². The lowest BCUT2D eigenvalue weighted by atomic mass is 9.90. The van der Waals surface area contributed by atoms with E-state index in [2.05, 4.69) is 35.5 Å². The summed E-state index contributed by atoms with van der Waals surface area (Å²) < 4.78 is 31.1. The highest BCUT2D eigenvalue weighted by atomic mass is 127. The minimum absolute atomic E-state index is 0. The highest BCUT2D eigenvalue weighted by molar-refractivity contribution is 14.0. The molecule has 0 aliphatic carbocycles. The summed E-state index contributed by atoms with van der Waals surface area (Å²) in [6.45, 7) is 9.63. The Labute approximate surface area is 192 Å². The van der Waals surface area contributed by atoms with Crippen LogP contribution in [0.5, 0.6) is 5.75 Å². The van der Waals surface area contributed by atoms with Crippen molar-refractivity contribution in [3.8, 4) is 5.75 Å². The first-order valence-corrected chi connectivity index (χ1v) is 11.6. The SMILES string of the molecule is CCNC(=NCCCN(C)S(=O)(=O)CC)NC1CC(C)(C)Oc2ccccc21.I. The van der Waals surface area contributed by atoms with Gasteiger partial charge in [-0.15, -0.1) is 24.0 Å². The zero-order chi connectivity index (χ0) is 20.8. The number of nitrogens with one attached hydrogen (secondary N) is 2. The maximum Gasteiger partial charge on any atom is 0.213 e. The molecule has 0 saturated carbocycles. The number of rotatable bonds is 8. The van der Waals surface area contributed by atoms with Crippen LogP contribution in [0.1, 0.15) is 52.1 Å². The maximum atomic E-state index is 11.8. The molecule has 1 aliphatic rings. The number of hydrogen-bond acceptors (Lipinski definition) is 4. The van der Waals surface area contributed by atoms with Crippen molar-refractivity contribution >= 4 is 40.0 Å². The Bertz CT molecular complexity index is 784. The molecule has 1 unspecified atom stereocenters. The molecular formula is C20H35IN4O3S. The van der Waals surface area contributed by atoms with Crippen molar-refractivity contribution < 1.29 is 13.2 Å². The minimum Gasteiger partial charge on any atom is -0.487 e. The third-order valence-electron chi connectivity index (χ3n) is 4.77. The van der Waals surface area contributed by atoms with E-state index in [1.54, 1.807) is 14.0 Å². The van der Waals surface area contributed by atoms with Crippen LogP contribution >= 0.6 is 24.0 Å². The van der Waals surface area contributed by atoms with Crippen LogP contribution in [0.3, 0.4) is 0 Å². The van der Waals surface area contributed by atoms with E-state index in [0.717, 1.165) is 30.2 Å². The molecule has 0 radical (unpaired) electrons. The lowest BCUT2D eigenvalue weighted by Crippen LogP contribution is -2.45. The lowest BCUT2D eigenvalue weighted by molar-refractivity contribution is 0.0694. The fraction of sp³-hybridized carbons (Fsp3) is 0.650. The molecule has 1 aliphatic heterocycles. The van der Waals surface area contributed by atoms with Crippen molar-refractivity contribution in [3.63, 3.8) is 0 Å². The molecule has 7 nitrogen and oxygen atoms in total. The van der Waals surface area contributed by atoms with Gasteiger partial charge in [-0.3, -0.25) is 4.99 Å². The van der Waals surface area contributed by atoms with Gasteiger partial charge < -0.3 is 15.4 Å². The van der Waals surface area contributed by atoms with Gasteiger partial charge in [-0.2, -0.15) is 0 Å². The monoisotopic (exact) mass is 538 g/mol. The van der Waals surface area contributed by atoms with Crippen LogP contribution < -0.4 is 15.4 Å². The predicted octanol–water partition coefficient (Wildman–Crippen LogP) is 3.13. The van der Waals surface area contributed by atoms with Crippen molar-refractivity contribution in [1.82, 2.24) is 14.9 Å². The third kappa shape index (κ3) is 7.60. The van der Waals surface area contributed by atoms with Gasteiger partial charge in [-0.25, -0.2) is 12.7 Å². The van der Waals surface area contributed by atoms with Gasteiger partial charge in [0.1, 0.15) is 11.4 Å². The summed E-state index contributed by atoms with van der Waals surface area (Å²) in [6, 6.07) is 8.18. The zero-order valence-electron chi connectivity index (χ0n) is 18.1. The van der Waals surface area contributed by atoms with Gasteiger partial charge in [0.15, 0.2) is 5.96 Å². The van der Waals surface area contributed by atoms with Crippen molar-refractivity contribution in [2.75, 3.05) is 32.4 Å². The number of ether oxygens (including phenoxy) is 1. The van der Waals surface area contributed by atoms with E-state index in [9.17, 15) is 8.42 Å². The van der Waals surface area contributed by atoms with Gasteiger partial charge >= 0.3 is 0 Å². The number of nitrogens with zero attached hydrogens (tertiary/aromatic N) is 2. The van der Waals surface area contributed by atoms with E-state index in [4.69, 9.17) is 4.74 Å². The second kappa shape index (κ2) is 11.4. The van der Waals surface area contributed by atoms with Crippen molar-refractivity contribution in [1.29, 1.82) is 0 Å². The third-order valence-corrected chi connectivity index (χ3v) is 6.63. The first-order valence-electron chi connectivity index (χ1n) is 9.95. The Morgan fingerprint density at radius 2 is 2.00 bits per heavy atom. The summed E-state index contributed by atoms with van der Waals surface area (Å²) in [5.41, 5.74) is 0.863. The summed E-state index contributed by atoms with van der Waals surface area (Å²) in [5.74, 6) is 1.76. The van der Waals surface area contributed by atoms with Crippen LogP contribution in [0.25, 0.3) is 0 Å². The standard InChI is InChI=1S/C20H34N4O3S.HI/c1-6-21-19(22-13-10-14-24(5)28(25,26)7-2)23-17-15-20(3,4)27-18-12-9-8-11-16(17)18;/h8-9,11-12,17H,6-7,10,13-15H2,1-5H3,(H2,21,22,23);1H. The highest BCUT2D eigenvalue weighted by Crippen LogP contribution is 2.39. The van der Waals surface area contributed by atoms with Gasteiger partial charge in [0.2, 0.25) is 10.0 Å². The topological polar surface area (TPSA) is 83.0 Å². The first kappa shape index (κ1) is 26.0. The summed E-state index contributed by atoms with van der Waals surface area (Å²) in [7, 11) is -1.52. The number of halogens is 1. The average molecular weight is 538 g/mol. The molecule has 0 saturated heterocycles. The molecule has 1 atom stereocenters. The molecule has 0 aromatic heterocycles. The Morgan fingerprint density at radius 3 is 2.66 bits per heavy atom. The average Bonchev–Trinajstić information content (AvgIpc) is 2.64. The highest BCUT2D eigenvalue weighted by Gasteiger charge is 2.33. The van der Waals surface area contributed by atoms with E-state index in [1.165, 1.54) is 4.31 Å². The molecule has 0 spiro atoms. The van der Waals surface area contributed by atoms with E-state index in [1.807, 2.05) is 25.1 Å². The van der Waals surface area contributed by atoms with Crippen LogP contribution in [0.2, 0.25) is 0 Å². The number of aliphatic imine (C=N–C) groups is 1. The van der Waals surface area contributed by atoms with Crippen LogP contribution in [0.15, 0.2) is 29.3 Å². The molecule has 0 bridgehead atoms.